The van der Waals surface area contributed by atoms with Crippen LogP contribution in [0.5, 0.6) is 0 Å². The van der Waals surface area contributed by atoms with Gasteiger partial charge in [-0.3, -0.25) is 23.9 Å². The highest BCUT2D eigenvalue weighted by atomic mass is 16.6. The molecule has 28 heavy (non-hydrogen) atoms. The summed E-state index contributed by atoms with van der Waals surface area (Å²) in [6.45, 7) is -1.36. The summed E-state index contributed by atoms with van der Waals surface area (Å²) in [7, 11) is 0. The molecule has 0 fully saturated rings. The van der Waals surface area contributed by atoms with Crippen molar-refractivity contribution in [3.8, 4) is 0 Å². The SMILES string of the molecule is Nc1nc2c(ncn2COC(COC(=O)CCO)COC(=O)CCO)c(=O)[nH]1. The first kappa shape index (κ1) is 21.3. The molecule has 0 aliphatic carbocycles. The van der Waals surface area contributed by atoms with Crippen molar-refractivity contribution in [1.29, 1.82) is 0 Å². The second-order valence-corrected chi connectivity index (χ2v) is 5.57. The predicted octanol–water partition coefficient (Wildman–Crippen LogP) is -2.10. The summed E-state index contributed by atoms with van der Waals surface area (Å²) in [5.74, 6) is -1.38. The second kappa shape index (κ2) is 10.3. The van der Waals surface area contributed by atoms with Crippen molar-refractivity contribution in [2.45, 2.75) is 25.7 Å². The number of aromatic nitrogens is 4. The molecule has 0 amide bonds. The molecule has 5 N–H and O–H groups in total. The van der Waals surface area contributed by atoms with Crippen LogP contribution in [0.3, 0.4) is 0 Å². The van der Waals surface area contributed by atoms with Gasteiger partial charge in [0.25, 0.3) is 5.56 Å². The number of nitrogen functional groups attached to an aromatic ring is 1. The highest BCUT2D eigenvalue weighted by Crippen LogP contribution is 2.08. The van der Waals surface area contributed by atoms with Gasteiger partial charge in [0.15, 0.2) is 11.2 Å². The molecule has 0 unspecified atom stereocenters. The lowest BCUT2D eigenvalue weighted by Crippen LogP contribution is -2.29. The van der Waals surface area contributed by atoms with Gasteiger partial charge >= 0.3 is 11.9 Å². The van der Waals surface area contributed by atoms with E-state index in [1.165, 1.54) is 10.9 Å². The topological polar surface area (TPSA) is 192 Å². The highest BCUT2D eigenvalue weighted by molar-refractivity contribution is 5.70. The molecule has 2 rings (SSSR count). The first-order chi connectivity index (χ1) is 13.4. The Bertz CT molecular complexity index is 842. The first-order valence-corrected chi connectivity index (χ1v) is 8.29. The molecule has 154 valence electrons. The number of aromatic amines is 1. The molecule has 2 aromatic heterocycles. The van der Waals surface area contributed by atoms with Gasteiger partial charge < -0.3 is 30.2 Å². The van der Waals surface area contributed by atoms with Gasteiger partial charge in [-0.2, -0.15) is 4.98 Å². The Kier molecular flexibility index (Phi) is 7.86. The molecule has 13 heteroatoms. The maximum atomic E-state index is 11.8. The summed E-state index contributed by atoms with van der Waals surface area (Å²) >= 11 is 0. The third-order valence-electron chi connectivity index (χ3n) is 3.43. The third kappa shape index (κ3) is 6.00. The van der Waals surface area contributed by atoms with E-state index < -0.39 is 23.6 Å². The monoisotopic (exact) mass is 399 g/mol. The number of ether oxygens (including phenoxy) is 3. The Balaban J connectivity index is 2.03. The molecule has 0 aromatic carbocycles. The van der Waals surface area contributed by atoms with Crippen LogP contribution in [0, 0.1) is 0 Å². The molecular weight excluding hydrogens is 378 g/mol. The van der Waals surface area contributed by atoms with Crippen molar-refractivity contribution in [3.05, 3.63) is 16.7 Å². The van der Waals surface area contributed by atoms with E-state index >= 15 is 0 Å². The first-order valence-electron chi connectivity index (χ1n) is 8.29. The van der Waals surface area contributed by atoms with Gasteiger partial charge in [-0.15, -0.1) is 0 Å². The number of carbonyl (C=O) groups is 2. The zero-order chi connectivity index (χ0) is 20.5. The number of imidazole rings is 1. The minimum Gasteiger partial charge on any atom is -0.463 e. The molecule has 2 heterocycles. The van der Waals surface area contributed by atoms with Crippen LogP contribution in [0.4, 0.5) is 5.95 Å². The van der Waals surface area contributed by atoms with Crippen LogP contribution in [0.25, 0.3) is 11.2 Å². The Morgan fingerprint density at radius 2 is 1.79 bits per heavy atom. The molecule has 0 radical (unpaired) electrons. The van der Waals surface area contributed by atoms with Crippen LogP contribution >= 0.6 is 0 Å². The zero-order valence-corrected chi connectivity index (χ0v) is 14.9. The fraction of sp³-hybridized carbons (Fsp3) is 0.533. The number of aliphatic hydroxyl groups is 2. The number of carbonyl (C=O) groups excluding carboxylic acids is 2. The number of aliphatic hydroxyl groups excluding tert-OH is 2. The average Bonchev–Trinajstić information content (AvgIpc) is 3.04. The number of rotatable bonds is 11. The Labute approximate surface area is 158 Å². The minimum absolute atomic E-state index is 0.0677. The van der Waals surface area contributed by atoms with E-state index in [1.807, 2.05) is 0 Å². The maximum Gasteiger partial charge on any atom is 0.308 e. The summed E-state index contributed by atoms with van der Waals surface area (Å²) in [5.41, 5.74) is 5.27. The number of nitrogens with two attached hydrogens (primary N) is 1. The van der Waals surface area contributed by atoms with Crippen LogP contribution in [-0.2, 0) is 30.5 Å². The standard InChI is InChI=1S/C15H21N5O8/c16-15-18-13-12(14(25)19-15)17-7-20(13)8-28-9(5-26-10(23)1-3-21)6-27-11(24)2-4-22/h7,9,21-22H,1-6,8H2,(H3,16,18,19,25). The second-order valence-electron chi connectivity index (χ2n) is 5.57. The van der Waals surface area contributed by atoms with Crippen molar-refractivity contribution in [3.63, 3.8) is 0 Å². The van der Waals surface area contributed by atoms with Crippen molar-refractivity contribution < 1.29 is 34.0 Å². The molecule has 0 bridgehead atoms. The molecule has 0 saturated carbocycles. The van der Waals surface area contributed by atoms with Gasteiger partial charge in [0.1, 0.15) is 26.0 Å². The van der Waals surface area contributed by atoms with Crippen LogP contribution in [-0.4, -0.2) is 74.2 Å². The normalized spacial score (nSPS) is 11.1. The fourth-order valence-electron chi connectivity index (χ4n) is 2.09. The van der Waals surface area contributed by atoms with E-state index in [1.54, 1.807) is 0 Å². The molecular formula is C15H21N5O8. The van der Waals surface area contributed by atoms with Crippen LogP contribution in [0.15, 0.2) is 11.1 Å². The van der Waals surface area contributed by atoms with Gasteiger partial charge in [0.2, 0.25) is 5.95 Å². The van der Waals surface area contributed by atoms with Gasteiger partial charge in [0, 0.05) is 0 Å². The molecule has 0 aliphatic rings. The zero-order valence-electron chi connectivity index (χ0n) is 14.9. The molecule has 13 nitrogen and oxygen atoms in total. The molecule has 0 spiro atoms. The van der Waals surface area contributed by atoms with Gasteiger partial charge in [0.05, 0.1) is 32.4 Å². The van der Waals surface area contributed by atoms with Crippen LogP contribution < -0.4 is 11.3 Å². The van der Waals surface area contributed by atoms with E-state index in [0.29, 0.717) is 0 Å². The average molecular weight is 399 g/mol. The smallest absolute Gasteiger partial charge is 0.308 e. The van der Waals surface area contributed by atoms with Crippen molar-refractivity contribution in [2.24, 2.45) is 0 Å². The van der Waals surface area contributed by atoms with E-state index in [0.717, 1.165) is 0 Å². The molecule has 0 saturated heterocycles. The number of hydrogen-bond donors (Lipinski definition) is 4. The minimum atomic E-state index is -0.845. The Morgan fingerprint density at radius 3 is 2.36 bits per heavy atom. The lowest BCUT2D eigenvalue weighted by molar-refractivity contribution is -0.158. The van der Waals surface area contributed by atoms with Crippen molar-refractivity contribution in [2.75, 3.05) is 32.2 Å². The number of H-pyrrole nitrogens is 1. The summed E-state index contributed by atoms with van der Waals surface area (Å²) < 4.78 is 16.9. The summed E-state index contributed by atoms with van der Waals surface area (Å²) in [6, 6.07) is 0. The van der Waals surface area contributed by atoms with Crippen LogP contribution in [0.1, 0.15) is 12.8 Å². The van der Waals surface area contributed by atoms with Gasteiger partial charge in [-0.1, -0.05) is 0 Å². The number of esters is 2. The van der Waals surface area contributed by atoms with Crippen LogP contribution in [0.2, 0.25) is 0 Å². The summed E-state index contributed by atoms with van der Waals surface area (Å²) in [6.07, 6.45) is 0.102. The number of hydrogen-bond acceptors (Lipinski definition) is 11. The quantitative estimate of drug-likeness (QED) is 0.302. The Hall–Kier alpha value is -3.03. The fourth-order valence-corrected chi connectivity index (χ4v) is 2.09. The number of nitrogens with zero attached hydrogens (tertiary/aromatic N) is 3. The largest absolute Gasteiger partial charge is 0.463 e. The number of fused-ring (bicyclic) bond motifs is 1. The Morgan fingerprint density at radius 1 is 1.18 bits per heavy atom. The molecule has 0 aliphatic heterocycles. The van der Waals surface area contributed by atoms with Gasteiger partial charge in [-0.25, -0.2) is 4.98 Å². The van der Waals surface area contributed by atoms with Crippen molar-refractivity contribution >= 4 is 29.1 Å². The van der Waals surface area contributed by atoms with Crippen molar-refractivity contribution in [1.82, 2.24) is 19.5 Å². The predicted molar refractivity (Wildman–Crippen MR) is 92.8 cm³/mol. The number of nitrogens with one attached hydrogen (secondary N) is 1. The maximum absolute atomic E-state index is 11.8. The lowest BCUT2D eigenvalue weighted by Gasteiger charge is -2.18. The van der Waals surface area contributed by atoms with E-state index in [4.69, 9.17) is 30.2 Å². The lowest BCUT2D eigenvalue weighted by atomic mass is 10.4. The van der Waals surface area contributed by atoms with E-state index in [-0.39, 0.29) is 63.1 Å². The highest BCUT2D eigenvalue weighted by Gasteiger charge is 2.17. The molecule has 0 atom stereocenters. The summed E-state index contributed by atoms with van der Waals surface area (Å²) in [4.78, 5) is 44.8. The number of anilines is 1. The van der Waals surface area contributed by atoms with Gasteiger partial charge in [-0.05, 0) is 0 Å². The molecule has 2 aromatic rings. The van der Waals surface area contributed by atoms with E-state index in [9.17, 15) is 14.4 Å². The third-order valence-corrected chi connectivity index (χ3v) is 3.43. The van der Waals surface area contributed by atoms with E-state index in [2.05, 4.69) is 15.0 Å². The summed E-state index contributed by atoms with van der Waals surface area (Å²) in [5, 5.41) is 17.5.